The Morgan fingerprint density at radius 1 is 1.13 bits per heavy atom. The lowest BCUT2D eigenvalue weighted by Crippen LogP contribution is -2.06. The first-order valence-electron chi connectivity index (χ1n) is 5.69. The van der Waals surface area contributed by atoms with Crippen LogP contribution in [0.5, 0.6) is 0 Å². The number of unbranched alkanes of at least 4 members (excludes halogenated alkanes) is 5. The van der Waals surface area contributed by atoms with Crippen molar-refractivity contribution in [1.82, 2.24) is 4.31 Å². The van der Waals surface area contributed by atoms with Gasteiger partial charge in [0, 0.05) is 5.75 Å². The van der Waals surface area contributed by atoms with E-state index in [1.807, 2.05) is 22.1 Å². The molecular weight excluding hydrogens is 224 g/mol. The molecular formula is C11H22N2S2. The van der Waals surface area contributed by atoms with Crippen molar-refractivity contribution < 1.29 is 0 Å². The molecule has 0 aromatic carbocycles. The molecule has 0 aromatic rings. The fourth-order valence-corrected chi connectivity index (χ4v) is 3.16. The summed E-state index contributed by atoms with van der Waals surface area (Å²) in [7, 11) is 5.51. The van der Waals surface area contributed by atoms with Crippen molar-refractivity contribution in [1.29, 1.82) is 5.26 Å². The molecule has 2 nitrogen and oxygen atoms in total. The zero-order valence-corrected chi connectivity index (χ0v) is 11.5. The van der Waals surface area contributed by atoms with Crippen LogP contribution in [0, 0.1) is 11.3 Å². The van der Waals surface area contributed by atoms with Crippen LogP contribution in [0.4, 0.5) is 0 Å². The molecule has 0 unspecified atom stereocenters. The van der Waals surface area contributed by atoms with Crippen LogP contribution in [-0.4, -0.2) is 23.7 Å². The van der Waals surface area contributed by atoms with E-state index in [1.165, 1.54) is 44.3 Å². The van der Waals surface area contributed by atoms with Gasteiger partial charge in [-0.25, -0.2) is 4.31 Å². The number of hydrogen-bond donors (Lipinski definition) is 0. The van der Waals surface area contributed by atoms with Gasteiger partial charge in [0.25, 0.3) is 0 Å². The van der Waals surface area contributed by atoms with E-state index in [0.717, 1.165) is 0 Å². The summed E-state index contributed by atoms with van der Waals surface area (Å²) in [6.45, 7) is 2.76. The van der Waals surface area contributed by atoms with Gasteiger partial charge < -0.3 is 0 Å². The van der Waals surface area contributed by atoms with Gasteiger partial charge in [0.1, 0.15) is 0 Å². The maximum Gasteiger partial charge on any atom is 0.0966 e. The number of rotatable bonds is 10. The molecule has 0 saturated carbocycles. The summed E-state index contributed by atoms with van der Waals surface area (Å²) in [6.07, 6.45) is 8.14. The maximum absolute atomic E-state index is 8.45. The Balaban J connectivity index is 3.02. The SMILES string of the molecule is CCCCCCCCSSN(C)CC#N. The predicted molar refractivity (Wildman–Crippen MR) is 71.7 cm³/mol. The van der Waals surface area contributed by atoms with Crippen LogP contribution in [-0.2, 0) is 0 Å². The maximum atomic E-state index is 8.45. The van der Waals surface area contributed by atoms with E-state index in [0.29, 0.717) is 6.54 Å². The summed E-state index contributed by atoms with van der Waals surface area (Å²) in [5.41, 5.74) is 0. The summed E-state index contributed by atoms with van der Waals surface area (Å²) in [5.74, 6) is 1.20. The van der Waals surface area contributed by atoms with Crippen molar-refractivity contribution in [2.75, 3.05) is 19.3 Å². The Bertz CT molecular complexity index is 168. The van der Waals surface area contributed by atoms with Crippen molar-refractivity contribution in [3.8, 4) is 6.07 Å². The van der Waals surface area contributed by atoms with Gasteiger partial charge in [-0.05, 0) is 24.4 Å². The molecule has 0 bridgehead atoms. The third-order valence-electron chi connectivity index (χ3n) is 2.05. The molecule has 0 heterocycles. The van der Waals surface area contributed by atoms with E-state index < -0.39 is 0 Å². The lowest BCUT2D eigenvalue weighted by atomic mass is 10.1. The highest BCUT2D eigenvalue weighted by atomic mass is 33.1. The van der Waals surface area contributed by atoms with Crippen molar-refractivity contribution in [3.05, 3.63) is 0 Å². The van der Waals surface area contributed by atoms with Crippen LogP contribution in [0.15, 0.2) is 0 Å². The highest BCUT2D eigenvalue weighted by molar-refractivity contribution is 8.75. The smallest absolute Gasteiger partial charge is 0.0966 e. The van der Waals surface area contributed by atoms with E-state index in [1.54, 1.807) is 11.0 Å². The predicted octanol–water partition coefficient (Wildman–Crippen LogP) is 4.10. The molecule has 0 aromatic heterocycles. The van der Waals surface area contributed by atoms with E-state index >= 15 is 0 Å². The van der Waals surface area contributed by atoms with Crippen molar-refractivity contribution in [2.24, 2.45) is 0 Å². The number of nitriles is 1. The monoisotopic (exact) mass is 246 g/mol. The summed E-state index contributed by atoms with van der Waals surface area (Å²) in [6, 6.07) is 2.13. The first-order valence-corrected chi connectivity index (χ1v) is 7.96. The van der Waals surface area contributed by atoms with E-state index in [-0.39, 0.29) is 0 Å². The molecule has 0 aliphatic heterocycles. The molecule has 0 aliphatic rings. The van der Waals surface area contributed by atoms with Gasteiger partial charge in [0.05, 0.1) is 12.6 Å². The minimum absolute atomic E-state index is 0.508. The largest absolute Gasteiger partial charge is 0.230 e. The highest BCUT2D eigenvalue weighted by Gasteiger charge is 1.97. The third-order valence-corrected chi connectivity index (χ3v) is 4.58. The van der Waals surface area contributed by atoms with Crippen molar-refractivity contribution in [3.63, 3.8) is 0 Å². The Kier molecular flexibility index (Phi) is 12.3. The van der Waals surface area contributed by atoms with Gasteiger partial charge in [-0.3, -0.25) is 0 Å². The molecule has 0 fully saturated rings. The minimum Gasteiger partial charge on any atom is -0.230 e. The number of hydrogen-bond acceptors (Lipinski definition) is 4. The summed E-state index contributed by atoms with van der Waals surface area (Å²) >= 11 is 0. The molecule has 0 saturated heterocycles. The topological polar surface area (TPSA) is 27.0 Å². The average Bonchev–Trinajstić information content (AvgIpc) is 2.22. The van der Waals surface area contributed by atoms with Crippen LogP contribution in [0.1, 0.15) is 45.4 Å². The first-order chi connectivity index (χ1) is 7.31. The standard InChI is InChI=1S/C11H22N2S2/c1-3-4-5-6-7-8-11-14-15-13(2)10-9-12/h3-8,10-11H2,1-2H3. The Hall–Kier alpha value is 0.150. The summed E-state index contributed by atoms with van der Waals surface area (Å²) in [5, 5.41) is 8.45. The van der Waals surface area contributed by atoms with Crippen LogP contribution in [0.2, 0.25) is 0 Å². The molecule has 88 valence electrons. The molecule has 0 spiro atoms. The fourth-order valence-electron chi connectivity index (χ4n) is 1.19. The van der Waals surface area contributed by atoms with Gasteiger partial charge >= 0.3 is 0 Å². The molecule has 0 rings (SSSR count). The molecule has 0 aliphatic carbocycles. The van der Waals surface area contributed by atoms with E-state index in [2.05, 4.69) is 13.0 Å². The zero-order valence-electron chi connectivity index (χ0n) is 9.87. The lowest BCUT2D eigenvalue weighted by Gasteiger charge is -2.09. The van der Waals surface area contributed by atoms with Crippen molar-refractivity contribution in [2.45, 2.75) is 45.4 Å². The normalized spacial score (nSPS) is 10.5. The average molecular weight is 246 g/mol. The van der Waals surface area contributed by atoms with Crippen LogP contribution >= 0.6 is 21.8 Å². The molecule has 15 heavy (non-hydrogen) atoms. The van der Waals surface area contributed by atoms with Gasteiger partial charge in [-0.15, -0.1) is 0 Å². The summed E-state index contributed by atoms with van der Waals surface area (Å²) in [4.78, 5) is 0. The van der Waals surface area contributed by atoms with Gasteiger partial charge in [0.2, 0.25) is 0 Å². The molecule has 0 atom stereocenters. The zero-order chi connectivity index (χ0) is 11.4. The molecule has 0 N–H and O–H groups in total. The highest BCUT2D eigenvalue weighted by Crippen LogP contribution is 2.25. The number of nitrogens with zero attached hydrogens (tertiary/aromatic N) is 2. The molecule has 0 amide bonds. The van der Waals surface area contributed by atoms with Gasteiger partial charge in [-0.2, -0.15) is 5.26 Å². The Morgan fingerprint density at radius 3 is 2.47 bits per heavy atom. The molecule has 4 heteroatoms. The second kappa shape index (κ2) is 12.2. The van der Waals surface area contributed by atoms with E-state index in [4.69, 9.17) is 5.26 Å². The Labute approximate surface area is 102 Å². The fraction of sp³-hybridized carbons (Fsp3) is 0.909. The van der Waals surface area contributed by atoms with Gasteiger partial charge in [0.15, 0.2) is 0 Å². The first kappa shape index (κ1) is 15.2. The second-order valence-electron chi connectivity index (χ2n) is 3.61. The Morgan fingerprint density at radius 2 is 1.80 bits per heavy atom. The van der Waals surface area contributed by atoms with Crippen LogP contribution in [0.25, 0.3) is 0 Å². The minimum atomic E-state index is 0.508. The van der Waals surface area contributed by atoms with Crippen LogP contribution < -0.4 is 0 Å². The quantitative estimate of drug-likeness (QED) is 0.251. The molecule has 0 radical (unpaired) electrons. The summed E-state index contributed by atoms with van der Waals surface area (Å²) < 4.78 is 1.97. The lowest BCUT2D eigenvalue weighted by molar-refractivity contribution is 0.627. The van der Waals surface area contributed by atoms with Crippen molar-refractivity contribution >= 4 is 21.8 Å². The second-order valence-corrected chi connectivity index (χ2v) is 6.18. The van der Waals surface area contributed by atoms with E-state index in [9.17, 15) is 0 Å². The third kappa shape index (κ3) is 12.1. The van der Waals surface area contributed by atoms with Gasteiger partial charge in [-0.1, -0.05) is 49.8 Å². The van der Waals surface area contributed by atoms with Crippen LogP contribution in [0.3, 0.4) is 0 Å².